The molecule has 0 aliphatic heterocycles. The molecule has 0 unspecified atom stereocenters. The van der Waals surface area contributed by atoms with Crippen molar-refractivity contribution in [3.63, 3.8) is 0 Å². The van der Waals surface area contributed by atoms with E-state index in [-0.39, 0.29) is 22.7 Å². The summed E-state index contributed by atoms with van der Waals surface area (Å²) in [6.45, 7) is 1.98. The predicted octanol–water partition coefficient (Wildman–Crippen LogP) is 3.80. The van der Waals surface area contributed by atoms with E-state index in [0.29, 0.717) is 5.56 Å². The molecule has 0 radical (unpaired) electrons. The van der Waals surface area contributed by atoms with Gasteiger partial charge in [-0.25, -0.2) is 0 Å². The lowest BCUT2D eigenvalue weighted by Gasteiger charge is -2.14. The summed E-state index contributed by atoms with van der Waals surface area (Å²) in [7, 11) is 0. The zero-order chi connectivity index (χ0) is 15.2. The van der Waals surface area contributed by atoms with Gasteiger partial charge in [-0.2, -0.15) is 0 Å². The number of halogens is 1. The third-order valence-electron chi connectivity index (χ3n) is 3.30. The first-order valence-electron chi connectivity index (χ1n) is 6.89. The molecule has 0 aliphatic rings. The van der Waals surface area contributed by atoms with Gasteiger partial charge in [-0.1, -0.05) is 41.9 Å². The van der Waals surface area contributed by atoms with E-state index < -0.39 is 0 Å². The number of phenolic OH excluding ortho intramolecular Hbond substituents is 1. The monoisotopic (exact) mass is 303 g/mol. The fourth-order valence-corrected chi connectivity index (χ4v) is 2.24. The average Bonchev–Trinajstić information content (AvgIpc) is 2.49. The van der Waals surface area contributed by atoms with E-state index in [1.165, 1.54) is 17.7 Å². The molecule has 0 bridgehead atoms. The molecule has 0 aliphatic carbocycles. The highest BCUT2D eigenvalue weighted by Crippen LogP contribution is 2.23. The highest BCUT2D eigenvalue weighted by atomic mass is 35.5. The van der Waals surface area contributed by atoms with Crippen LogP contribution >= 0.6 is 11.6 Å². The normalized spacial score (nSPS) is 11.9. The molecule has 0 aromatic heterocycles. The maximum Gasteiger partial charge on any atom is 0.251 e. The number of carbonyl (C=O) groups is 1. The van der Waals surface area contributed by atoms with Gasteiger partial charge in [0.2, 0.25) is 0 Å². The van der Waals surface area contributed by atoms with Crippen molar-refractivity contribution in [2.75, 3.05) is 0 Å². The Kier molecular flexibility index (Phi) is 5.23. The molecular formula is C17H18ClNO2. The van der Waals surface area contributed by atoms with E-state index in [2.05, 4.69) is 17.4 Å². The molecule has 0 saturated carbocycles. The van der Waals surface area contributed by atoms with Gasteiger partial charge in [0.25, 0.3) is 5.91 Å². The summed E-state index contributed by atoms with van der Waals surface area (Å²) in [4.78, 5) is 12.1. The van der Waals surface area contributed by atoms with Crippen LogP contribution in [-0.2, 0) is 6.42 Å². The number of phenols is 1. The maximum absolute atomic E-state index is 12.1. The molecule has 1 amide bonds. The van der Waals surface area contributed by atoms with E-state index in [1.54, 1.807) is 6.07 Å². The molecular weight excluding hydrogens is 286 g/mol. The van der Waals surface area contributed by atoms with Crippen LogP contribution in [0.4, 0.5) is 0 Å². The van der Waals surface area contributed by atoms with Crippen LogP contribution in [0.2, 0.25) is 5.02 Å². The molecule has 3 nitrogen and oxygen atoms in total. The van der Waals surface area contributed by atoms with Crippen LogP contribution in [0.25, 0.3) is 0 Å². The summed E-state index contributed by atoms with van der Waals surface area (Å²) in [5.74, 6) is -0.206. The molecule has 21 heavy (non-hydrogen) atoms. The van der Waals surface area contributed by atoms with E-state index in [0.717, 1.165) is 12.8 Å². The van der Waals surface area contributed by atoms with Crippen LogP contribution in [0.15, 0.2) is 48.5 Å². The fourth-order valence-electron chi connectivity index (χ4n) is 2.06. The average molecular weight is 304 g/mol. The van der Waals surface area contributed by atoms with E-state index in [1.807, 2.05) is 25.1 Å². The molecule has 0 spiro atoms. The van der Waals surface area contributed by atoms with Crippen LogP contribution in [0.3, 0.4) is 0 Å². The fraction of sp³-hybridized carbons (Fsp3) is 0.235. The highest BCUT2D eigenvalue weighted by Gasteiger charge is 2.11. The molecule has 4 heteroatoms. The zero-order valence-electron chi connectivity index (χ0n) is 11.8. The Hall–Kier alpha value is -2.00. The first kappa shape index (κ1) is 15.4. The van der Waals surface area contributed by atoms with E-state index in [9.17, 15) is 9.90 Å². The van der Waals surface area contributed by atoms with E-state index in [4.69, 9.17) is 11.6 Å². The molecule has 2 aromatic rings. The number of benzene rings is 2. The van der Waals surface area contributed by atoms with E-state index >= 15 is 0 Å². The second-order valence-corrected chi connectivity index (χ2v) is 5.47. The SMILES string of the molecule is C[C@H](CCc1ccccc1)NC(=O)c1ccc(O)c(Cl)c1. The Balaban J connectivity index is 1.88. The lowest BCUT2D eigenvalue weighted by atomic mass is 10.1. The number of nitrogens with one attached hydrogen (secondary N) is 1. The van der Waals surface area contributed by atoms with Crippen molar-refractivity contribution in [3.8, 4) is 5.75 Å². The van der Waals surface area contributed by atoms with Crippen molar-refractivity contribution >= 4 is 17.5 Å². The Labute approximate surface area is 129 Å². The summed E-state index contributed by atoms with van der Waals surface area (Å²) in [6.07, 6.45) is 1.78. The molecule has 0 saturated heterocycles. The minimum atomic E-state index is -0.183. The maximum atomic E-state index is 12.1. The summed E-state index contributed by atoms with van der Waals surface area (Å²) >= 11 is 5.81. The summed E-state index contributed by atoms with van der Waals surface area (Å²) in [5.41, 5.74) is 1.70. The number of aromatic hydroxyl groups is 1. The van der Waals surface area contributed by atoms with Gasteiger partial charge in [0.1, 0.15) is 5.75 Å². The standard InChI is InChI=1S/C17H18ClNO2/c1-12(7-8-13-5-3-2-4-6-13)19-17(21)14-9-10-16(20)15(18)11-14/h2-6,9-12,20H,7-8H2,1H3,(H,19,21)/t12-/m1/s1. The van der Waals surface area contributed by atoms with Gasteiger partial charge in [-0.3, -0.25) is 4.79 Å². The second kappa shape index (κ2) is 7.14. The number of rotatable bonds is 5. The topological polar surface area (TPSA) is 49.3 Å². The Morgan fingerprint density at radius 2 is 1.95 bits per heavy atom. The van der Waals surface area contributed by atoms with Crippen LogP contribution in [-0.4, -0.2) is 17.1 Å². The first-order valence-corrected chi connectivity index (χ1v) is 7.27. The predicted molar refractivity (Wildman–Crippen MR) is 84.8 cm³/mol. The number of hydrogen-bond donors (Lipinski definition) is 2. The zero-order valence-corrected chi connectivity index (χ0v) is 12.6. The minimum Gasteiger partial charge on any atom is -0.506 e. The Bertz CT molecular complexity index is 613. The summed E-state index contributed by atoms with van der Waals surface area (Å²) in [5, 5.41) is 12.5. The Morgan fingerprint density at radius 1 is 1.24 bits per heavy atom. The van der Waals surface area contributed by atoms with Gasteiger partial charge < -0.3 is 10.4 Å². The second-order valence-electron chi connectivity index (χ2n) is 5.06. The molecule has 1 atom stereocenters. The number of carbonyl (C=O) groups excluding carboxylic acids is 1. The third kappa shape index (κ3) is 4.50. The number of aryl methyl sites for hydroxylation is 1. The number of hydrogen-bond acceptors (Lipinski definition) is 2. The summed E-state index contributed by atoms with van der Waals surface area (Å²) < 4.78 is 0. The van der Waals surface area contributed by atoms with Crippen LogP contribution in [0.5, 0.6) is 5.75 Å². The lowest BCUT2D eigenvalue weighted by Crippen LogP contribution is -2.32. The Morgan fingerprint density at radius 3 is 2.62 bits per heavy atom. The van der Waals surface area contributed by atoms with Gasteiger partial charge in [-0.15, -0.1) is 0 Å². The van der Waals surface area contributed by atoms with Gasteiger partial charge >= 0.3 is 0 Å². The highest BCUT2D eigenvalue weighted by molar-refractivity contribution is 6.32. The van der Waals surface area contributed by atoms with Gasteiger partial charge in [0, 0.05) is 11.6 Å². The molecule has 110 valence electrons. The summed E-state index contributed by atoms with van der Waals surface area (Å²) in [6, 6.07) is 14.7. The molecule has 2 N–H and O–H groups in total. The van der Waals surface area contributed by atoms with Crippen molar-refractivity contribution in [2.24, 2.45) is 0 Å². The first-order chi connectivity index (χ1) is 10.1. The molecule has 2 aromatic carbocycles. The molecule has 0 fully saturated rings. The van der Waals surface area contributed by atoms with Gasteiger partial charge in [-0.05, 0) is 43.5 Å². The smallest absolute Gasteiger partial charge is 0.251 e. The lowest BCUT2D eigenvalue weighted by molar-refractivity contribution is 0.0938. The quantitative estimate of drug-likeness (QED) is 0.882. The van der Waals surface area contributed by atoms with Crippen LogP contribution in [0.1, 0.15) is 29.3 Å². The van der Waals surface area contributed by atoms with Gasteiger partial charge in [0.15, 0.2) is 0 Å². The largest absolute Gasteiger partial charge is 0.506 e. The van der Waals surface area contributed by atoms with Crippen molar-refractivity contribution in [3.05, 3.63) is 64.7 Å². The molecule has 2 rings (SSSR count). The number of amides is 1. The van der Waals surface area contributed by atoms with Crippen molar-refractivity contribution < 1.29 is 9.90 Å². The molecule has 0 heterocycles. The van der Waals surface area contributed by atoms with Gasteiger partial charge in [0.05, 0.1) is 5.02 Å². The minimum absolute atomic E-state index is 0.0228. The van der Waals surface area contributed by atoms with Crippen molar-refractivity contribution in [1.29, 1.82) is 0 Å². The van der Waals surface area contributed by atoms with Crippen molar-refractivity contribution in [2.45, 2.75) is 25.8 Å². The van der Waals surface area contributed by atoms with Crippen LogP contribution < -0.4 is 5.32 Å². The van der Waals surface area contributed by atoms with Crippen molar-refractivity contribution in [1.82, 2.24) is 5.32 Å². The van der Waals surface area contributed by atoms with Crippen LogP contribution in [0, 0.1) is 0 Å². The third-order valence-corrected chi connectivity index (χ3v) is 3.60.